The van der Waals surface area contributed by atoms with E-state index in [0.717, 1.165) is 23.2 Å². The lowest BCUT2D eigenvalue weighted by Gasteiger charge is -2.25. The zero-order chi connectivity index (χ0) is 19.7. The lowest BCUT2D eigenvalue weighted by Crippen LogP contribution is -2.40. The van der Waals surface area contributed by atoms with Crippen molar-refractivity contribution in [3.05, 3.63) is 65.5 Å². The molecule has 5 nitrogen and oxygen atoms in total. The number of urea groups is 1. The first-order valence-corrected chi connectivity index (χ1v) is 9.59. The maximum Gasteiger partial charge on any atom is 0.317 e. The van der Waals surface area contributed by atoms with Crippen LogP contribution in [0.4, 0.5) is 14.9 Å². The molecule has 2 aliphatic heterocycles. The number of nitrogens with zero attached hydrogens (tertiary/aromatic N) is 2. The third kappa shape index (κ3) is 3.59. The predicted molar refractivity (Wildman–Crippen MR) is 105 cm³/mol. The molecule has 1 spiro atoms. The molecule has 3 amide bonds. The second-order valence-electron chi connectivity index (χ2n) is 7.90. The monoisotopic (exact) mass is 381 g/mol. The van der Waals surface area contributed by atoms with E-state index in [1.54, 1.807) is 17.0 Å². The topological polar surface area (TPSA) is 52.6 Å². The molecule has 0 radical (unpaired) electrons. The largest absolute Gasteiger partial charge is 0.334 e. The first-order chi connectivity index (χ1) is 13.5. The molecule has 0 bridgehead atoms. The van der Waals surface area contributed by atoms with E-state index < -0.39 is 0 Å². The van der Waals surface area contributed by atoms with Crippen molar-refractivity contribution in [2.24, 2.45) is 5.41 Å². The second-order valence-corrected chi connectivity index (χ2v) is 7.90. The van der Waals surface area contributed by atoms with Crippen LogP contribution in [0.3, 0.4) is 0 Å². The number of hydrogen-bond acceptors (Lipinski definition) is 2. The maximum absolute atomic E-state index is 13.3. The number of carbonyl (C=O) groups is 2. The van der Waals surface area contributed by atoms with Crippen LogP contribution in [0.2, 0.25) is 0 Å². The fraction of sp³-hybridized carbons (Fsp3) is 0.364. The summed E-state index contributed by atoms with van der Waals surface area (Å²) in [5, 5.41) is 2.86. The number of nitrogens with one attached hydrogen (secondary N) is 1. The number of halogens is 1. The Labute approximate surface area is 164 Å². The molecular weight excluding hydrogens is 357 g/mol. The van der Waals surface area contributed by atoms with Crippen LogP contribution in [0.5, 0.6) is 0 Å². The molecule has 1 unspecified atom stereocenters. The number of hydrogen-bond donors (Lipinski definition) is 1. The molecule has 146 valence electrons. The van der Waals surface area contributed by atoms with Gasteiger partial charge >= 0.3 is 6.03 Å². The number of aryl methyl sites for hydroxylation is 1. The van der Waals surface area contributed by atoms with Gasteiger partial charge in [-0.25, -0.2) is 9.18 Å². The van der Waals surface area contributed by atoms with Crippen LogP contribution in [0.1, 0.15) is 24.0 Å². The molecule has 0 saturated carbocycles. The normalized spacial score (nSPS) is 21.6. The van der Waals surface area contributed by atoms with Gasteiger partial charge in [-0.2, -0.15) is 0 Å². The van der Waals surface area contributed by atoms with Gasteiger partial charge in [-0.3, -0.25) is 4.79 Å². The second kappa shape index (κ2) is 7.26. The molecule has 2 heterocycles. The number of anilines is 1. The molecule has 2 aromatic rings. The van der Waals surface area contributed by atoms with Gasteiger partial charge in [0.1, 0.15) is 5.82 Å². The van der Waals surface area contributed by atoms with E-state index in [4.69, 9.17) is 0 Å². The van der Waals surface area contributed by atoms with Gasteiger partial charge in [0.05, 0.1) is 0 Å². The molecule has 2 aromatic carbocycles. The minimum Gasteiger partial charge on any atom is -0.334 e. The Bertz CT molecular complexity index is 916. The van der Waals surface area contributed by atoms with E-state index in [-0.39, 0.29) is 29.7 Å². The number of carbonyl (C=O) groups excluding carboxylic acids is 2. The highest BCUT2D eigenvalue weighted by Crippen LogP contribution is 2.42. The molecule has 0 aromatic heterocycles. The van der Waals surface area contributed by atoms with Crippen molar-refractivity contribution in [1.29, 1.82) is 0 Å². The van der Waals surface area contributed by atoms with Gasteiger partial charge in [0.15, 0.2) is 0 Å². The van der Waals surface area contributed by atoms with Gasteiger partial charge in [-0.15, -0.1) is 0 Å². The summed E-state index contributed by atoms with van der Waals surface area (Å²) in [7, 11) is 0. The van der Waals surface area contributed by atoms with Gasteiger partial charge in [0, 0.05) is 43.7 Å². The van der Waals surface area contributed by atoms with Crippen molar-refractivity contribution in [2.75, 3.05) is 24.5 Å². The van der Waals surface area contributed by atoms with Crippen LogP contribution in [0, 0.1) is 18.2 Å². The molecule has 4 rings (SSSR count). The summed E-state index contributed by atoms with van der Waals surface area (Å²) in [4.78, 5) is 28.9. The van der Waals surface area contributed by atoms with Crippen LogP contribution in [-0.4, -0.2) is 36.5 Å². The SMILES string of the molecule is Cc1ccccc1N1CC2(CCN(C(=O)NCc3cccc(F)c3)C2)CC1=O. The number of benzene rings is 2. The Hall–Kier alpha value is -2.89. The van der Waals surface area contributed by atoms with E-state index in [1.807, 2.05) is 36.1 Å². The molecule has 6 heteroatoms. The minimum atomic E-state index is -0.312. The summed E-state index contributed by atoms with van der Waals surface area (Å²) in [5.41, 5.74) is 2.58. The van der Waals surface area contributed by atoms with E-state index >= 15 is 0 Å². The zero-order valence-electron chi connectivity index (χ0n) is 16.0. The van der Waals surface area contributed by atoms with Crippen molar-refractivity contribution < 1.29 is 14.0 Å². The van der Waals surface area contributed by atoms with Gasteiger partial charge in [0.25, 0.3) is 0 Å². The highest BCUT2D eigenvalue weighted by molar-refractivity contribution is 5.97. The molecule has 2 saturated heterocycles. The number of likely N-dealkylation sites (tertiary alicyclic amines) is 1. The Morgan fingerprint density at radius 2 is 2.00 bits per heavy atom. The van der Waals surface area contributed by atoms with Crippen molar-refractivity contribution >= 4 is 17.6 Å². The van der Waals surface area contributed by atoms with Crippen molar-refractivity contribution in [3.8, 4) is 0 Å². The summed E-state index contributed by atoms with van der Waals surface area (Å²) < 4.78 is 13.3. The minimum absolute atomic E-state index is 0.122. The number of para-hydroxylation sites is 1. The lowest BCUT2D eigenvalue weighted by molar-refractivity contribution is -0.117. The summed E-state index contributed by atoms with van der Waals surface area (Å²) in [5.74, 6) is -0.191. The first-order valence-electron chi connectivity index (χ1n) is 9.59. The molecule has 0 aliphatic carbocycles. The Balaban J connectivity index is 1.39. The number of rotatable bonds is 3. The van der Waals surface area contributed by atoms with E-state index in [9.17, 15) is 14.0 Å². The summed E-state index contributed by atoms with van der Waals surface area (Å²) >= 11 is 0. The van der Waals surface area contributed by atoms with E-state index in [2.05, 4.69) is 5.32 Å². The highest BCUT2D eigenvalue weighted by atomic mass is 19.1. The molecule has 1 atom stereocenters. The van der Waals surface area contributed by atoms with Crippen molar-refractivity contribution in [2.45, 2.75) is 26.3 Å². The Morgan fingerprint density at radius 3 is 2.79 bits per heavy atom. The fourth-order valence-electron chi connectivity index (χ4n) is 4.30. The summed E-state index contributed by atoms with van der Waals surface area (Å²) in [6, 6.07) is 13.9. The zero-order valence-corrected chi connectivity index (χ0v) is 16.0. The van der Waals surface area contributed by atoms with E-state index in [0.29, 0.717) is 26.1 Å². The average Bonchev–Trinajstić information content (AvgIpc) is 3.23. The summed E-state index contributed by atoms with van der Waals surface area (Å²) in [6.07, 6.45) is 1.28. The Kier molecular flexibility index (Phi) is 4.79. The van der Waals surface area contributed by atoms with Crippen molar-refractivity contribution in [1.82, 2.24) is 10.2 Å². The van der Waals surface area contributed by atoms with Crippen LogP contribution in [0.15, 0.2) is 48.5 Å². The molecular formula is C22H24FN3O2. The molecule has 28 heavy (non-hydrogen) atoms. The van der Waals surface area contributed by atoms with Crippen LogP contribution in [-0.2, 0) is 11.3 Å². The van der Waals surface area contributed by atoms with Crippen LogP contribution < -0.4 is 10.2 Å². The van der Waals surface area contributed by atoms with Crippen molar-refractivity contribution in [3.63, 3.8) is 0 Å². The van der Waals surface area contributed by atoms with Gasteiger partial charge in [-0.05, 0) is 42.7 Å². The first kappa shape index (κ1) is 18.5. The number of amides is 3. The third-order valence-corrected chi connectivity index (χ3v) is 5.79. The smallest absolute Gasteiger partial charge is 0.317 e. The predicted octanol–water partition coefficient (Wildman–Crippen LogP) is 3.47. The lowest BCUT2D eigenvalue weighted by atomic mass is 9.86. The highest BCUT2D eigenvalue weighted by Gasteiger charge is 2.49. The third-order valence-electron chi connectivity index (χ3n) is 5.79. The molecule has 2 aliphatic rings. The average molecular weight is 381 g/mol. The van der Waals surface area contributed by atoms with E-state index in [1.165, 1.54) is 12.1 Å². The maximum atomic E-state index is 13.3. The standard InChI is InChI=1S/C22H24FN3O2/c1-16-5-2-3-8-19(16)26-15-22(12-20(26)27)9-10-25(14-22)21(28)24-13-17-6-4-7-18(23)11-17/h2-8,11H,9-10,12-15H2,1H3,(H,24,28). The molecule has 1 N–H and O–H groups in total. The van der Waals surface area contributed by atoms with Gasteiger partial charge in [-0.1, -0.05) is 30.3 Å². The summed E-state index contributed by atoms with van der Waals surface area (Å²) in [6.45, 7) is 4.13. The van der Waals surface area contributed by atoms with Gasteiger partial charge in [0.2, 0.25) is 5.91 Å². The van der Waals surface area contributed by atoms with Crippen LogP contribution in [0.25, 0.3) is 0 Å². The van der Waals surface area contributed by atoms with Crippen LogP contribution >= 0.6 is 0 Å². The van der Waals surface area contributed by atoms with Gasteiger partial charge < -0.3 is 15.1 Å². The quantitative estimate of drug-likeness (QED) is 0.885. The molecule has 2 fully saturated rings. The fourth-order valence-corrected chi connectivity index (χ4v) is 4.30. The Morgan fingerprint density at radius 1 is 1.18 bits per heavy atom.